The third-order valence-corrected chi connectivity index (χ3v) is 12.4. The summed E-state index contributed by atoms with van der Waals surface area (Å²) in [5.41, 5.74) is 17.9. The Morgan fingerprint density at radius 1 is 0.302 bits per heavy atom. The molecule has 12 rings (SSSR count). The average Bonchev–Trinajstić information content (AvgIpc) is 3.91. The minimum absolute atomic E-state index is 0.902. The summed E-state index contributed by atoms with van der Waals surface area (Å²) in [6, 6.07) is 87.1. The predicted octanol–water partition coefficient (Wildman–Crippen LogP) is 16.8. The summed E-state index contributed by atoms with van der Waals surface area (Å²) >= 11 is 0. The number of benzene rings is 10. The van der Waals surface area contributed by atoms with Gasteiger partial charge >= 0.3 is 0 Å². The molecule has 296 valence electrons. The highest BCUT2D eigenvalue weighted by Crippen LogP contribution is 2.43. The maximum absolute atomic E-state index is 6.24. The van der Waals surface area contributed by atoms with Crippen molar-refractivity contribution in [1.82, 2.24) is 4.57 Å². The van der Waals surface area contributed by atoms with Crippen LogP contribution < -0.4 is 4.90 Å². The molecule has 0 atom stereocenters. The molecule has 0 fully saturated rings. The van der Waals surface area contributed by atoms with Gasteiger partial charge in [-0.1, -0.05) is 170 Å². The van der Waals surface area contributed by atoms with Crippen LogP contribution in [0.5, 0.6) is 0 Å². The Labute approximate surface area is 366 Å². The quantitative estimate of drug-likeness (QED) is 0.153. The summed E-state index contributed by atoms with van der Waals surface area (Å²) in [5.74, 6) is 0. The highest BCUT2D eigenvalue weighted by molar-refractivity contribution is 6.09. The fourth-order valence-electron chi connectivity index (χ4n) is 9.35. The van der Waals surface area contributed by atoms with E-state index in [1.807, 2.05) is 12.1 Å². The number of hydrogen-bond donors (Lipinski definition) is 0. The van der Waals surface area contributed by atoms with Crippen LogP contribution >= 0.6 is 0 Å². The molecule has 0 aliphatic rings. The first kappa shape index (κ1) is 36.5. The highest BCUT2D eigenvalue weighted by atomic mass is 16.3. The first-order valence-electron chi connectivity index (χ1n) is 21.5. The Kier molecular flexibility index (Phi) is 8.83. The zero-order valence-electron chi connectivity index (χ0n) is 34.4. The number of aromatic nitrogens is 1. The van der Waals surface area contributed by atoms with E-state index in [0.29, 0.717) is 0 Å². The zero-order valence-corrected chi connectivity index (χ0v) is 34.4. The summed E-state index contributed by atoms with van der Waals surface area (Å²) < 4.78 is 8.62. The van der Waals surface area contributed by atoms with E-state index in [4.69, 9.17) is 4.42 Å². The Balaban J connectivity index is 0.921. The van der Waals surface area contributed by atoms with Crippen molar-refractivity contribution >= 4 is 60.8 Å². The molecule has 0 saturated heterocycles. The molecule has 0 N–H and O–H groups in total. The van der Waals surface area contributed by atoms with Crippen molar-refractivity contribution in [3.05, 3.63) is 243 Å². The summed E-state index contributed by atoms with van der Waals surface area (Å²) in [5, 5.41) is 4.80. The van der Waals surface area contributed by atoms with Crippen molar-refractivity contribution in [1.29, 1.82) is 0 Å². The topological polar surface area (TPSA) is 21.3 Å². The van der Waals surface area contributed by atoms with E-state index in [2.05, 4.69) is 240 Å². The molecule has 2 heterocycles. The Morgan fingerprint density at radius 2 is 0.778 bits per heavy atom. The van der Waals surface area contributed by atoms with Crippen molar-refractivity contribution in [3.8, 4) is 50.2 Å². The molecule has 3 heteroatoms. The molecule has 0 saturated carbocycles. The molecule has 10 aromatic carbocycles. The first-order valence-corrected chi connectivity index (χ1v) is 21.5. The molecule has 0 aliphatic carbocycles. The number of anilines is 3. The normalized spacial score (nSPS) is 11.5. The molecule has 0 radical (unpaired) electrons. The lowest BCUT2D eigenvalue weighted by Crippen LogP contribution is -2.11. The van der Waals surface area contributed by atoms with Gasteiger partial charge in [-0.3, -0.25) is 0 Å². The number of rotatable bonds is 8. The van der Waals surface area contributed by atoms with Crippen molar-refractivity contribution in [3.63, 3.8) is 0 Å². The van der Waals surface area contributed by atoms with E-state index in [9.17, 15) is 0 Å². The van der Waals surface area contributed by atoms with Crippen LogP contribution in [0.3, 0.4) is 0 Å². The average molecular weight is 805 g/mol. The lowest BCUT2D eigenvalue weighted by Gasteiger charge is -2.28. The van der Waals surface area contributed by atoms with Crippen LogP contribution in [0.15, 0.2) is 247 Å². The number of hydrogen-bond acceptors (Lipinski definition) is 2. The van der Waals surface area contributed by atoms with Crippen molar-refractivity contribution in [2.24, 2.45) is 0 Å². The van der Waals surface area contributed by atoms with Gasteiger partial charge in [-0.05, 0) is 112 Å². The van der Waals surface area contributed by atoms with Gasteiger partial charge in [0.05, 0.1) is 16.7 Å². The van der Waals surface area contributed by atoms with Gasteiger partial charge in [0.15, 0.2) is 0 Å². The predicted molar refractivity (Wildman–Crippen MR) is 264 cm³/mol. The third kappa shape index (κ3) is 6.46. The SMILES string of the molecule is c1ccc(-c2ccc(N(c3ccc(-c4cccc(-n5c6ccccc6c6ccccc65)c4)cc3)c3ccccc3-c3ccc(-c4ccc5c(c4)oc4ccccc45)cc3)cc2)cc1. The second kappa shape index (κ2) is 15.3. The Morgan fingerprint density at radius 3 is 1.48 bits per heavy atom. The van der Waals surface area contributed by atoms with E-state index in [1.54, 1.807) is 0 Å². The third-order valence-electron chi connectivity index (χ3n) is 12.4. The molecule has 0 aliphatic heterocycles. The van der Waals surface area contributed by atoms with Crippen molar-refractivity contribution in [2.75, 3.05) is 4.90 Å². The van der Waals surface area contributed by atoms with Gasteiger partial charge in [0.25, 0.3) is 0 Å². The minimum atomic E-state index is 0.902. The minimum Gasteiger partial charge on any atom is -0.456 e. The van der Waals surface area contributed by atoms with Crippen LogP contribution in [0.1, 0.15) is 0 Å². The highest BCUT2D eigenvalue weighted by Gasteiger charge is 2.19. The lowest BCUT2D eigenvalue weighted by molar-refractivity contribution is 0.669. The van der Waals surface area contributed by atoms with Crippen molar-refractivity contribution < 1.29 is 4.42 Å². The van der Waals surface area contributed by atoms with Gasteiger partial charge < -0.3 is 13.9 Å². The molecular formula is C60H40N2O. The van der Waals surface area contributed by atoms with Crippen LogP contribution in [0.25, 0.3) is 93.9 Å². The van der Waals surface area contributed by atoms with Gasteiger partial charge in [0, 0.05) is 44.2 Å². The van der Waals surface area contributed by atoms with E-state index >= 15 is 0 Å². The molecule has 0 spiro atoms. The fraction of sp³-hybridized carbons (Fsp3) is 0. The van der Waals surface area contributed by atoms with Crippen LogP contribution in [-0.4, -0.2) is 4.57 Å². The molecule has 3 nitrogen and oxygen atoms in total. The largest absolute Gasteiger partial charge is 0.456 e. The molecule has 0 bridgehead atoms. The zero-order chi connectivity index (χ0) is 41.7. The summed E-state index contributed by atoms with van der Waals surface area (Å²) in [6.07, 6.45) is 0. The first-order chi connectivity index (χ1) is 31.2. The number of nitrogens with zero attached hydrogens (tertiary/aromatic N) is 2. The van der Waals surface area contributed by atoms with E-state index < -0.39 is 0 Å². The monoisotopic (exact) mass is 804 g/mol. The fourth-order valence-corrected chi connectivity index (χ4v) is 9.35. The van der Waals surface area contributed by atoms with Gasteiger partial charge in [0.2, 0.25) is 0 Å². The van der Waals surface area contributed by atoms with Crippen LogP contribution in [0.4, 0.5) is 17.1 Å². The van der Waals surface area contributed by atoms with E-state index in [0.717, 1.165) is 72.5 Å². The smallest absolute Gasteiger partial charge is 0.136 e. The van der Waals surface area contributed by atoms with E-state index in [-0.39, 0.29) is 0 Å². The van der Waals surface area contributed by atoms with Gasteiger partial charge in [-0.25, -0.2) is 0 Å². The molecular weight excluding hydrogens is 765 g/mol. The second-order valence-corrected chi connectivity index (χ2v) is 16.1. The molecule has 0 amide bonds. The van der Waals surface area contributed by atoms with Crippen molar-refractivity contribution in [2.45, 2.75) is 0 Å². The number of para-hydroxylation sites is 4. The summed E-state index contributed by atoms with van der Waals surface area (Å²) in [4.78, 5) is 2.38. The van der Waals surface area contributed by atoms with Gasteiger partial charge in [0.1, 0.15) is 11.2 Å². The standard InChI is InChI=1S/C60H40N2O/c1-2-13-41(14-3-1)42-29-34-48(35-30-42)61(49-36-31-44(32-37-49)46-15-12-16-50(39-46)62-57-22-9-5-18-52(57)53-19-6-10-23-58(53)62)56-21-8-4-17-51(56)45-27-25-43(26-28-45)47-33-38-55-54-20-7-11-24-59(54)63-60(55)40-47/h1-40H. The molecule has 2 aromatic heterocycles. The van der Waals surface area contributed by atoms with Crippen LogP contribution in [-0.2, 0) is 0 Å². The molecule has 0 unspecified atom stereocenters. The maximum Gasteiger partial charge on any atom is 0.136 e. The Bertz CT molecular complexity index is 3550. The van der Waals surface area contributed by atoms with Crippen LogP contribution in [0.2, 0.25) is 0 Å². The van der Waals surface area contributed by atoms with Gasteiger partial charge in [-0.2, -0.15) is 0 Å². The lowest BCUT2D eigenvalue weighted by atomic mass is 9.97. The second-order valence-electron chi connectivity index (χ2n) is 16.1. The summed E-state index contributed by atoms with van der Waals surface area (Å²) in [6.45, 7) is 0. The van der Waals surface area contributed by atoms with Gasteiger partial charge in [-0.15, -0.1) is 0 Å². The van der Waals surface area contributed by atoms with E-state index in [1.165, 1.54) is 38.5 Å². The maximum atomic E-state index is 6.24. The summed E-state index contributed by atoms with van der Waals surface area (Å²) in [7, 11) is 0. The Hall–Kier alpha value is -8.40. The number of furan rings is 1. The van der Waals surface area contributed by atoms with Crippen LogP contribution in [0, 0.1) is 0 Å². The molecule has 63 heavy (non-hydrogen) atoms. The number of fused-ring (bicyclic) bond motifs is 6. The molecule has 12 aromatic rings.